The van der Waals surface area contributed by atoms with Crippen LogP contribution in [0.4, 0.5) is 0 Å². The van der Waals surface area contributed by atoms with Crippen LogP contribution in [0.5, 0.6) is 5.75 Å². The average molecular weight is 347 g/mol. The molecule has 0 fully saturated rings. The number of hydrogen-bond donors (Lipinski definition) is 1. The van der Waals surface area contributed by atoms with E-state index in [0.717, 1.165) is 16.9 Å². The minimum atomic E-state index is 0.000908. The molecular formula is C19H23ClN2O2. The molecule has 0 spiro atoms. The SMILES string of the molecule is COc1ccc(CC(=O)NCC(c2ccc(Cl)cc2)N(C)C)cc1. The Morgan fingerprint density at radius 1 is 1.12 bits per heavy atom. The van der Waals surface area contributed by atoms with Gasteiger partial charge in [-0.1, -0.05) is 35.9 Å². The number of halogens is 1. The van der Waals surface area contributed by atoms with Crippen LogP contribution >= 0.6 is 11.6 Å². The van der Waals surface area contributed by atoms with Crippen LogP contribution in [0.3, 0.4) is 0 Å². The summed E-state index contributed by atoms with van der Waals surface area (Å²) >= 11 is 5.94. The van der Waals surface area contributed by atoms with Crippen LogP contribution in [-0.2, 0) is 11.2 Å². The summed E-state index contributed by atoms with van der Waals surface area (Å²) in [5.41, 5.74) is 2.08. The first kappa shape index (κ1) is 18.3. The maximum atomic E-state index is 12.2. The van der Waals surface area contributed by atoms with Gasteiger partial charge in [0, 0.05) is 11.6 Å². The maximum absolute atomic E-state index is 12.2. The van der Waals surface area contributed by atoms with E-state index in [2.05, 4.69) is 10.2 Å². The fourth-order valence-corrected chi connectivity index (χ4v) is 2.61. The Morgan fingerprint density at radius 2 is 1.75 bits per heavy atom. The molecular weight excluding hydrogens is 324 g/mol. The number of hydrogen-bond acceptors (Lipinski definition) is 3. The fraction of sp³-hybridized carbons (Fsp3) is 0.316. The van der Waals surface area contributed by atoms with Gasteiger partial charge in [0.15, 0.2) is 0 Å². The highest BCUT2D eigenvalue weighted by Crippen LogP contribution is 2.20. The van der Waals surface area contributed by atoms with Crippen LogP contribution in [0.25, 0.3) is 0 Å². The molecule has 0 aliphatic rings. The molecule has 0 aromatic heterocycles. The smallest absolute Gasteiger partial charge is 0.224 e. The van der Waals surface area contributed by atoms with Gasteiger partial charge >= 0.3 is 0 Å². The quantitative estimate of drug-likeness (QED) is 0.836. The van der Waals surface area contributed by atoms with Crippen LogP contribution in [0, 0.1) is 0 Å². The second-order valence-electron chi connectivity index (χ2n) is 5.86. The lowest BCUT2D eigenvalue weighted by atomic mass is 10.1. The van der Waals surface area contributed by atoms with Crippen molar-refractivity contribution in [1.29, 1.82) is 0 Å². The number of methoxy groups -OCH3 is 1. The monoisotopic (exact) mass is 346 g/mol. The largest absolute Gasteiger partial charge is 0.497 e. The zero-order valence-corrected chi connectivity index (χ0v) is 15.0. The van der Waals surface area contributed by atoms with Crippen molar-refractivity contribution >= 4 is 17.5 Å². The molecule has 24 heavy (non-hydrogen) atoms. The molecule has 2 aromatic rings. The van der Waals surface area contributed by atoms with E-state index in [0.29, 0.717) is 18.0 Å². The lowest BCUT2D eigenvalue weighted by molar-refractivity contribution is -0.120. The highest BCUT2D eigenvalue weighted by atomic mass is 35.5. The lowest BCUT2D eigenvalue weighted by Gasteiger charge is -2.25. The van der Waals surface area contributed by atoms with E-state index >= 15 is 0 Å². The fourth-order valence-electron chi connectivity index (χ4n) is 2.49. The van der Waals surface area contributed by atoms with Crippen molar-refractivity contribution in [3.8, 4) is 5.75 Å². The Hall–Kier alpha value is -2.04. The zero-order chi connectivity index (χ0) is 17.5. The molecule has 0 heterocycles. The molecule has 1 amide bonds. The van der Waals surface area contributed by atoms with Crippen LogP contribution in [0.1, 0.15) is 17.2 Å². The van der Waals surface area contributed by atoms with Gasteiger partial charge in [0.25, 0.3) is 0 Å². The highest BCUT2D eigenvalue weighted by Gasteiger charge is 2.15. The molecule has 5 heteroatoms. The molecule has 4 nitrogen and oxygen atoms in total. The molecule has 0 saturated heterocycles. The van der Waals surface area contributed by atoms with Crippen molar-refractivity contribution in [2.75, 3.05) is 27.7 Å². The summed E-state index contributed by atoms with van der Waals surface area (Å²) in [4.78, 5) is 14.3. The standard InChI is InChI=1S/C19H23ClN2O2/c1-22(2)18(15-6-8-16(20)9-7-15)13-21-19(23)12-14-4-10-17(24-3)11-5-14/h4-11,18H,12-13H2,1-3H3,(H,21,23). The third-order valence-corrected chi connectivity index (χ3v) is 4.15. The van der Waals surface area contributed by atoms with E-state index in [1.54, 1.807) is 7.11 Å². The number of nitrogens with one attached hydrogen (secondary N) is 1. The molecule has 0 saturated carbocycles. The lowest BCUT2D eigenvalue weighted by Crippen LogP contribution is -2.35. The van der Waals surface area contributed by atoms with Crippen LogP contribution < -0.4 is 10.1 Å². The molecule has 1 unspecified atom stereocenters. The van der Waals surface area contributed by atoms with E-state index in [9.17, 15) is 4.79 Å². The van der Waals surface area contributed by atoms with Crippen molar-refractivity contribution < 1.29 is 9.53 Å². The summed E-state index contributed by atoms with van der Waals surface area (Å²) in [6.45, 7) is 0.545. The number of rotatable bonds is 7. The van der Waals surface area contributed by atoms with Gasteiger partial charge in [0.2, 0.25) is 5.91 Å². The van der Waals surface area contributed by atoms with Gasteiger partial charge in [-0.2, -0.15) is 0 Å². The van der Waals surface area contributed by atoms with Crippen LogP contribution in [0.2, 0.25) is 5.02 Å². The summed E-state index contributed by atoms with van der Waals surface area (Å²) < 4.78 is 5.12. The summed E-state index contributed by atoms with van der Waals surface area (Å²) in [6, 6.07) is 15.3. The van der Waals surface area contributed by atoms with Crippen LogP contribution in [0.15, 0.2) is 48.5 Å². The summed E-state index contributed by atoms with van der Waals surface area (Å²) in [5.74, 6) is 0.788. The Balaban J connectivity index is 1.93. The first-order valence-electron chi connectivity index (χ1n) is 7.81. The van der Waals surface area contributed by atoms with Crippen molar-refractivity contribution in [1.82, 2.24) is 10.2 Å². The first-order valence-corrected chi connectivity index (χ1v) is 8.19. The number of carbonyl (C=O) groups is 1. The predicted molar refractivity (Wildman–Crippen MR) is 97.6 cm³/mol. The molecule has 1 atom stereocenters. The number of benzene rings is 2. The van der Waals surface area contributed by atoms with E-state index in [-0.39, 0.29) is 11.9 Å². The highest BCUT2D eigenvalue weighted by molar-refractivity contribution is 6.30. The van der Waals surface area contributed by atoms with Crippen molar-refractivity contribution in [3.63, 3.8) is 0 Å². The molecule has 0 radical (unpaired) electrons. The summed E-state index contributed by atoms with van der Waals surface area (Å²) in [5, 5.41) is 3.72. The summed E-state index contributed by atoms with van der Waals surface area (Å²) in [7, 11) is 5.61. The third-order valence-electron chi connectivity index (χ3n) is 3.89. The predicted octanol–water partition coefficient (Wildman–Crippen LogP) is 3.31. The van der Waals surface area contributed by atoms with Gasteiger partial charge in [0.05, 0.1) is 19.6 Å². The minimum Gasteiger partial charge on any atom is -0.497 e. The Kier molecular flexibility index (Phi) is 6.64. The number of likely N-dealkylation sites (N-methyl/N-ethyl adjacent to an activating group) is 1. The van der Waals surface area contributed by atoms with Gasteiger partial charge in [0.1, 0.15) is 5.75 Å². The zero-order valence-electron chi connectivity index (χ0n) is 14.3. The van der Waals surface area contributed by atoms with Gasteiger partial charge in [-0.15, -0.1) is 0 Å². The van der Waals surface area contributed by atoms with Crippen LogP contribution in [-0.4, -0.2) is 38.6 Å². The van der Waals surface area contributed by atoms with Crippen molar-refractivity contribution in [3.05, 3.63) is 64.7 Å². The number of nitrogens with zero attached hydrogens (tertiary/aromatic N) is 1. The van der Waals surface area contributed by atoms with E-state index in [4.69, 9.17) is 16.3 Å². The molecule has 2 rings (SSSR count). The van der Waals surface area contributed by atoms with Gasteiger partial charge in [-0.25, -0.2) is 0 Å². The van der Waals surface area contributed by atoms with Crippen molar-refractivity contribution in [2.45, 2.75) is 12.5 Å². The van der Waals surface area contributed by atoms with Crippen molar-refractivity contribution in [2.24, 2.45) is 0 Å². The Labute approximate surface area is 148 Å². The van der Waals surface area contributed by atoms with Gasteiger partial charge in [-0.3, -0.25) is 4.79 Å². The number of ether oxygens (including phenoxy) is 1. The van der Waals surface area contributed by atoms with E-state index in [1.165, 1.54) is 0 Å². The van der Waals surface area contributed by atoms with Gasteiger partial charge in [-0.05, 0) is 49.5 Å². The second kappa shape index (κ2) is 8.71. The normalized spacial score (nSPS) is 12.0. The maximum Gasteiger partial charge on any atom is 0.224 e. The second-order valence-corrected chi connectivity index (χ2v) is 6.30. The molecule has 128 valence electrons. The number of amides is 1. The summed E-state index contributed by atoms with van der Waals surface area (Å²) in [6.07, 6.45) is 0.352. The first-order chi connectivity index (χ1) is 11.5. The Morgan fingerprint density at radius 3 is 2.29 bits per heavy atom. The topological polar surface area (TPSA) is 41.6 Å². The molecule has 0 aliphatic carbocycles. The third kappa shape index (κ3) is 5.25. The number of carbonyl (C=O) groups excluding carboxylic acids is 1. The van der Waals surface area contributed by atoms with Gasteiger partial charge < -0.3 is 15.0 Å². The minimum absolute atomic E-state index is 0.000908. The molecule has 0 aliphatic heterocycles. The average Bonchev–Trinajstić information content (AvgIpc) is 2.57. The molecule has 2 aromatic carbocycles. The Bertz CT molecular complexity index is 654. The van der Waals surface area contributed by atoms with E-state index < -0.39 is 0 Å². The van der Waals surface area contributed by atoms with E-state index in [1.807, 2.05) is 62.6 Å². The molecule has 0 bridgehead atoms. The molecule has 1 N–H and O–H groups in total.